The average Bonchev–Trinajstić information content (AvgIpc) is 2.33. The van der Waals surface area contributed by atoms with E-state index in [9.17, 15) is 0 Å². The van der Waals surface area contributed by atoms with Crippen molar-refractivity contribution in [2.75, 3.05) is 0 Å². The van der Waals surface area contributed by atoms with Crippen molar-refractivity contribution in [1.82, 2.24) is 9.97 Å². The number of fused-ring (bicyclic) bond motifs is 1. The zero-order valence-corrected chi connectivity index (χ0v) is 4.91. The van der Waals surface area contributed by atoms with Crippen LogP contribution in [0.4, 0.5) is 0 Å². The second-order valence-corrected chi connectivity index (χ2v) is 1.97. The van der Waals surface area contributed by atoms with Gasteiger partial charge in [-0.3, -0.25) is 9.97 Å². The zero-order valence-electron chi connectivity index (χ0n) is 4.91. The summed E-state index contributed by atoms with van der Waals surface area (Å²) in [5.41, 5.74) is 0. The highest BCUT2D eigenvalue weighted by Crippen LogP contribution is 1.83. The Morgan fingerprint density at radius 1 is 1.00 bits per heavy atom. The first-order valence-corrected chi connectivity index (χ1v) is 2.94. The molecular formula is C7H6N2. The van der Waals surface area contributed by atoms with Crippen LogP contribution in [0, 0.1) is 0 Å². The first-order chi connectivity index (χ1) is 4.47. The van der Waals surface area contributed by atoms with E-state index in [2.05, 4.69) is 22.1 Å². The van der Waals surface area contributed by atoms with Gasteiger partial charge in [0.2, 0.25) is 0 Å². The molecule has 1 aliphatic rings. The summed E-state index contributed by atoms with van der Waals surface area (Å²) >= 11 is 0. The highest BCUT2D eigenvalue weighted by atomic mass is 14.8. The predicted molar refractivity (Wildman–Crippen MR) is 34.8 cm³/mol. The summed E-state index contributed by atoms with van der Waals surface area (Å²) in [6, 6.07) is 0. The predicted octanol–water partition coefficient (Wildman–Crippen LogP) is -0.559. The number of nitrogens with zero attached hydrogens (tertiary/aromatic N) is 2. The highest BCUT2D eigenvalue weighted by Gasteiger charge is 1.90. The first kappa shape index (κ1) is 4.68. The number of hydrogen-bond donors (Lipinski definition) is 0. The Hall–Kier alpha value is -1.18. The molecule has 2 heteroatoms. The van der Waals surface area contributed by atoms with Crippen molar-refractivity contribution < 1.29 is 0 Å². The Balaban J connectivity index is 2.97. The molecule has 1 aromatic rings. The van der Waals surface area contributed by atoms with Crippen LogP contribution in [0.3, 0.4) is 0 Å². The zero-order chi connectivity index (χ0) is 6.10. The van der Waals surface area contributed by atoms with Crippen molar-refractivity contribution in [2.24, 2.45) is 0 Å². The van der Waals surface area contributed by atoms with Crippen LogP contribution in [0.25, 0.3) is 12.2 Å². The molecule has 1 aromatic heterocycles. The summed E-state index contributed by atoms with van der Waals surface area (Å²) in [6.45, 7) is 0. The summed E-state index contributed by atoms with van der Waals surface area (Å²) in [6.07, 6.45) is 8.56. The second-order valence-electron chi connectivity index (χ2n) is 1.97. The minimum absolute atomic E-state index is 0.985. The molecule has 0 atom stereocenters. The van der Waals surface area contributed by atoms with Crippen molar-refractivity contribution >= 4 is 12.2 Å². The Bertz CT molecular complexity index is 294. The SMILES string of the molecule is C1=c2nccnc2=CC1. The summed E-state index contributed by atoms with van der Waals surface area (Å²) in [5.74, 6) is 0. The smallest absolute Gasteiger partial charge is 0.0846 e. The quantitative estimate of drug-likeness (QED) is 0.456. The summed E-state index contributed by atoms with van der Waals surface area (Å²) in [7, 11) is 0. The van der Waals surface area contributed by atoms with E-state index in [1.54, 1.807) is 12.4 Å². The molecule has 0 aliphatic heterocycles. The molecule has 0 saturated heterocycles. The maximum atomic E-state index is 4.11. The van der Waals surface area contributed by atoms with Crippen LogP contribution in [-0.2, 0) is 0 Å². The van der Waals surface area contributed by atoms with Crippen molar-refractivity contribution in [3.8, 4) is 0 Å². The standard InChI is InChI=1S/C7H6N2/c1-2-6-7(3-1)9-5-4-8-6/h2-5H,1H2. The maximum Gasteiger partial charge on any atom is 0.0846 e. The largest absolute Gasteiger partial charge is 0.253 e. The molecular weight excluding hydrogens is 112 g/mol. The van der Waals surface area contributed by atoms with Gasteiger partial charge >= 0.3 is 0 Å². The lowest BCUT2D eigenvalue weighted by molar-refractivity contribution is 1.11. The molecule has 0 saturated carbocycles. The Labute approximate surface area is 52.6 Å². The minimum Gasteiger partial charge on any atom is -0.253 e. The van der Waals surface area contributed by atoms with Crippen molar-refractivity contribution in [1.29, 1.82) is 0 Å². The molecule has 0 amide bonds. The van der Waals surface area contributed by atoms with Crippen molar-refractivity contribution in [3.63, 3.8) is 0 Å². The maximum absolute atomic E-state index is 4.11. The van der Waals surface area contributed by atoms with E-state index in [0.29, 0.717) is 0 Å². The van der Waals surface area contributed by atoms with Gasteiger partial charge in [0.25, 0.3) is 0 Å². The fraction of sp³-hybridized carbons (Fsp3) is 0.143. The Kier molecular flexibility index (Phi) is 0.859. The van der Waals surface area contributed by atoms with Crippen LogP contribution >= 0.6 is 0 Å². The lowest BCUT2D eigenvalue weighted by Gasteiger charge is -1.78. The van der Waals surface area contributed by atoms with Crippen LogP contribution in [-0.4, -0.2) is 9.97 Å². The molecule has 0 unspecified atom stereocenters. The van der Waals surface area contributed by atoms with Crippen LogP contribution < -0.4 is 10.7 Å². The third-order valence-electron chi connectivity index (χ3n) is 1.38. The molecule has 9 heavy (non-hydrogen) atoms. The fourth-order valence-corrected chi connectivity index (χ4v) is 0.956. The summed E-state index contributed by atoms with van der Waals surface area (Å²) < 4.78 is 0. The van der Waals surface area contributed by atoms with Gasteiger partial charge in [-0.15, -0.1) is 0 Å². The van der Waals surface area contributed by atoms with Gasteiger partial charge in [-0.2, -0.15) is 0 Å². The van der Waals surface area contributed by atoms with Gasteiger partial charge in [-0.25, -0.2) is 0 Å². The Morgan fingerprint density at radius 3 is 2.11 bits per heavy atom. The Morgan fingerprint density at radius 2 is 1.56 bits per heavy atom. The molecule has 44 valence electrons. The molecule has 0 spiro atoms. The van der Waals surface area contributed by atoms with Crippen LogP contribution in [0.2, 0.25) is 0 Å². The van der Waals surface area contributed by atoms with E-state index >= 15 is 0 Å². The number of aromatic nitrogens is 2. The van der Waals surface area contributed by atoms with Gasteiger partial charge < -0.3 is 0 Å². The molecule has 0 radical (unpaired) electrons. The molecule has 0 bridgehead atoms. The molecule has 0 N–H and O–H groups in total. The van der Waals surface area contributed by atoms with E-state index in [1.165, 1.54) is 0 Å². The summed E-state index contributed by atoms with van der Waals surface area (Å²) in [4.78, 5) is 8.22. The van der Waals surface area contributed by atoms with E-state index < -0.39 is 0 Å². The van der Waals surface area contributed by atoms with Gasteiger partial charge in [0, 0.05) is 12.4 Å². The third kappa shape index (κ3) is 0.633. The van der Waals surface area contributed by atoms with Crippen LogP contribution in [0.5, 0.6) is 0 Å². The van der Waals surface area contributed by atoms with Crippen molar-refractivity contribution in [2.45, 2.75) is 6.42 Å². The number of hydrogen-bond acceptors (Lipinski definition) is 2. The van der Waals surface area contributed by atoms with E-state index in [0.717, 1.165) is 17.1 Å². The second kappa shape index (κ2) is 1.65. The lowest BCUT2D eigenvalue weighted by atomic mass is 10.5. The molecule has 1 heterocycles. The van der Waals surface area contributed by atoms with E-state index in [1.807, 2.05) is 0 Å². The van der Waals surface area contributed by atoms with Crippen LogP contribution in [0.15, 0.2) is 12.4 Å². The van der Waals surface area contributed by atoms with Crippen LogP contribution in [0.1, 0.15) is 6.42 Å². The van der Waals surface area contributed by atoms with Crippen molar-refractivity contribution in [3.05, 3.63) is 23.1 Å². The molecule has 0 fully saturated rings. The molecule has 2 nitrogen and oxygen atoms in total. The van der Waals surface area contributed by atoms with Gasteiger partial charge in [-0.05, 0) is 6.42 Å². The van der Waals surface area contributed by atoms with Gasteiger partial charge in [-0.1, -0.05) is 12.2 Å². The number of rotatable bonds is 0. The third-order valence-corrected chi connectivity index (χ3v) is 1.38. The fourth-order valence-electron chi connectivity index (χ4n) is 0.956. The minimum atomic E-state index is 0.985. The topological polar surface area (TPSA) is 25.8 Å². The van der Waals surface area contributed by atoms with E-state index in [-0.39, 0.29) is 0 Å². The van der Waals surface area contributed by atoms with E-state index in [4.69, 9.17) is 0 Å². The van der Waals surface area contributed by atoms with Gasteiger partial charge in [0.1, 0.15) is 0 Å². The monoisotopic (exact) mass is 118 g/mol. The highest BCUT2D eigenvalue weighted by molar-refractivity contribution is 5.41. The molecule has 1 aliphatic carbocycles. The average molecular weight is 118 g/mol. The normalized spacial score (nSPS) is 13.8. The summed E-state index contributed by atoms with van der Waals surface area (Å²) in [5, 5.41) is 2.05. The molecule has 2 rings (SSSR count). The first-order valence-electron chi connectivity index (χ1n) is 2.94. The van der Waals surface area contributed by atoms with Gasteiger partial charge in [0.15, 0.2) is 0 Å². The molecule has 0 aromatic carbocycles. The lowest BCUT2D eigenvalue weighted by Crippen LogP contribution is -2.27. The van der Waals surface area contributed by atoms with Gasteiger partial charge in [0.05, 0.1) is 10.7 Å².